The second-order valence-corrected chi connectivity index (χ2v) is 3.99. The number of hydrogen-bond acceptors (Lipinski definition) is 5. The number of halogens is 1. The Morgan fingerprint density at radius 1 is 1.37 bits per heavy atom. The molecule has 1 N–H and O–H groups in total. The second-order valence-electron chi connectivity index (χ2n) is 3.58. The van der Waals surface area contributed by atoms with Crippen molar-refractivity contribution < 1.29 is 9.66 Å². The molecule has 2 rings (SSSR count). The van der Waals surface area contributed by atoms with E-state index in [-0.39, 0.29) is 10.7 Å². The number of anilines is 1. The zero-order chi connectivity index (χ0) is 13.8. The van der Waals surface area contributed by atoms with Crippen LogP contribution in [0.2, 0.25) is 5.02 Å². The Labute approximate surface area is 114 Å². The number of pyridine rings is 1. The number of rotatable bonds is 4. The summed E-state index contributed by atoms with van der Waals surface area (Å²) in [6.07, 6.45) is 0. The molecule has 0 bridgehead atoms. The molecule has 0 aliphatic rings. The van der Waals surface area contributed by atoms with Crippen molar-refractivity contribution in [3.05, 3.63) is 51.5 Å². The maximum Gasteiger partial charge on any atom is 0.288 e. The average Bonchev–Trinajstić information content (AvgIpc) is 2.38. The standard InChI is InChI=1S/C12H10ClN3O3/c1-14-11-3-2-4-12(15-11)19-8-5-6-10(16(17)18)9(13)7-8/h2-7H,1H3,(H,14,15). The summed E-state index contributed by atoms with van der Waals surface area (Å²) in [6, 6.07) is 9.39. The van der Waals surface area contributed by atoms with Gasteiger partial charge in [-0.05, 0) is 12.1 Å². The minimum Gasteiger partial charge on any atom is -0.439 e. The summed E-state index contributed by atoms with van der Waals surface area (Å²) in [5, 5.41) is 13.5. The van der Waals surface area contributed by atoms with E-state index in [9.17, 15) is 10.1 Å². The van der Waals surface area contributed by atoms with E-state index in [1.54, 1.807) is 25.2 Å². The summed E-state index contributed by atoms with van der Waals surface area (Å²) in [4.78, 5) is 14.2. The summed E-state index contributed by atoms with van der Waals surface area (Å²) in [6.45, 7) is 0. The largest absolute Gasteiger partial charge is 0.439 e. The molecule has 2 aromatic rings. The van der Waals surface area contributed by atoms with Gasteiger partial charge in [-0.2, -0.15) is 4.98 Å². The van der Waals surface area contributed by atoms with Crippen LogP contribution in [-0.2, 0) is 0 Å². The Morgan fingerprint density at radius 3 is 2.79 bits per heavy atom. The highest BCUT2D eigenvalue weighted by atomic mass is 35.5. The molecule has 0 saturated heterocycles. The molecule has 0 fully saturated rings. The molecule has 98 valence electrons. The number of nitro benzene ring substituents is 1. The normalized spacial score (nSPS) is 10.0. The van der Waals surface area contributed by atoms with Crippen LogP contribution in [0.5, 0.6) is 11.6 Å². The molecule has 6 nitrogen and oxygen atoms in total. The van der Waals surface area contributed by atoms with E-state index in [0.717, 1.165) is 0 Å². The third-order valence-electron chi connectivity index (χ3n) is 2.32. The van der Waals surface area contributed by atoms with E-state index in [1.807, 2.05) is 0 Å². The maximum absolute atomic E-state index is 10.6. The average molecular weight is 280 g/mol. The van der Waals surface area contributed by atoms with Gasteiger partial charge < -0.3 is 10.1 Å². The Hall–Kier alpha value is -2.34. The molecule has 0 spiro atoms. The van der Waals surface area contributed by atoms with Crippen molar-refractivity contribution >= 4 is 23.1 Å². The van der Waals surface area contributed by atoms with Crippen LogP contribution in [-0.4, -0.2) is 17.0 Å². The molecule has 19 heavy (non-hydrogen) atoms. The third kappa shape index (κ3) is 3.11. The lowest BCUT2D eigenvalue weighted by molar-refractivity contribution is -0.384. The maximum atomic E-state index is 10.6. The third-order valence-corrected chi connectivity index (χ3v) is 2.62. The molecule has 7 heteroatoms. The zero-order valence-electron chi connectivity index (χ0n) is 9.96. The highest BCUT2D eigenvalue weighted by molar-refractivity contribution is 6.32. The monoisotopic (exact) mass is 279 g/mol. The van der Waals surface area contributed by atoms with Crippen molar-refractivity contribution in [2.75, 3.05) is 12.4 Å². The lowest BCUT2D eigenvalue weighted by atomic mass is 10.3. The first kappa shape index (κ1) is 13.1. The lowest BCUT2D eigenvalue weighted by Crippen LogP contribution is -1.94. The fourth-order valence-corrected chi connectivity index (χ4v) is 1.67. The van der Waals surface area contributed by atoms with Gasteiger partial charge in [0.05, 0.1) is 4.92 Å². The molecule has 0 saturated carbocycles. The van der Waals surface area contributed by atoms with Crippen LogP contribution in [0.1, 0.15) is 0 Å². The van der Waals surface area contributed by atoms with Gasteiger partial charge in [0.25, 0.3) is 5.69 Å². The molecule has 0 aliphatic heterocycles. The molecule has 0 radical (unpaired) electrons. The fraction of sp³-hybridized carbons (Fsp3) is 0.0833. The summed E-state index contributed by atoms with van der Waals surface area (Å²) in [5.74, 6) is 1.42. The van der Waals surface area contributed by atoms with Crippen molar-refractivity contribution in [3.63, 3.8) is 0 Å². The molecule has 0 aliphatic carbocycles. The SMILES string of the molecule is CNc1cccc(Oc2ccc([N+](=O)[O-])c(Cl)c2)n1. The van der Waals surface area contributed by atoms with Crippen molar-refractivity contribution in [1.29, 1.82) is 0 Å². The molecule has 1 heterocycles. The van der Waals surface area contributed by atoms with Gasteiger partial charge in [-0.15, -0.1) is 0 Å². The van der Waals surface area contributed by atoms with Crippen LogP contribution in [0.15, 0.2) is 36.4 Å². The number of nitrogens with zero attached hydrogens (tertiary/aromatic N) is 2. The van der Waals surface area contributed by atoms with Gasteiger partial charge in [-0.1, -0.05) is 17.7 Å². The van der Waals surface area contributed by atoms with Crippen molar-refractivity contribution in [3.8, 4) is 11.6 Å². The van der Waals surface area contributed by atoms with E-state index < -0.39 is 4.92 Å². The molecular formula is C12H10ClN3O3. The Morgan fingerprint density at radius 2 is 2.16 bits per heavy atom. The Bertz CT molecular complexity index is 619. The minimum absolute atomic E-state index is 0.0206. The molecular weight excluding hydrogens is 270 g/mol. The number of nitro groups is 1. The number of benzene rings is 1. The van der Waals surface area contributed by atoms with Gasteiger partial charge in [0, 0.05) is 25.2 Å². The fourth-order valence-electron chi connectivity index (χ4n) is 1.43. The first-order valence-corrected chi connectivity index (χ1v) is 5.74. The van der Waals surface area contributed by atoms with Crippen LogP contribution >= 0.6 is 11.6 Å². The van der Waals surface area contributed by atoms with Crippen LogP contribution in [0.25, 0.3) is 0 Å². The van der Waals surface area contributed by atoms with E-state index in [1.165, 1.54) is 18.2 Å². The number of ether oxygens (including phenoxy) is 1. The summed E-state index contributed by atoms with van der Waals surface area (Å²) in [7, 11) is 1.74. The second kappa shape index (κ2) is 5.53. The van der Waals surface area contributed by atoms with E-state index in [4.69, 9.17) is 16.3 Å². The van der Waals surface area contributed by atoms with Gasteiger partial charge in [-0.25, -0.2) is 0 Å². The Balaban J connectivity index is 2.23. The van der Waals surface area contributed by atoms with Gasteiger partial charge >= 0.3 is 0 Å². The first-order chi connectivity index (χ1) is 9.10. The minimum atomic E-state index is -0.550. The smallest absolute Gasteiger partial charge is 0.288 e. The molecule has 0 atom stereocenters. The highest BCUT2D eigenvalue weighted by Gasteiger charge is 2.13. The van der Waals surface area contributed by atoms with E-state index in [0.29, 0.717) is 17.4 Å². The Kier molecular flexibility index (Phi) is 3.82. The van der Waals surface area contributed by atoms with E-state index in [2.05, 4.69) is 10.3 Å². The lowest BCUT2D eigenvalue weighted by Gasteiger charge is -2.06. The first-order valence-electron chi connectivity index (χ1n) is 5.37. The van der Waals surface area contributed by atoms with Crippen LogP contribution in [0, 0.1) is 10.1 Å². The van der Waals surface area contributed by atoms with Gasteiger partial charge in [0.15, 0.2) is 0 Å². The van der Waals surface area contributed by atoms with Crippen molar-refractivity contribution in [2.24, 2.45) is 0 Å². The zero-order valence-corrected chi connectivity index (χ0v) is 10.7. The molecule has 1 aromatic heterocycles. The topological polar surface area (TPSA) is 77.3 Å². The summed E-state index contributed by atoms with van der Waals surface area (Å²) >= 11 is 5.79. The van der Waals surface area contributed by atoms with Gasteiger partial charge in [0.2, 0.25) is 5.88 Å². The predicted octanol–water partition coefficient (Wildman–Crippen LogP) is 3.48. The van der Waals surface area contributed by atoms with Crippen LogP contribution < -0.4 is 10.1 Å². The highest BCUT2D eigenvalue weighted by Crippen LogP contribution is 2.30. The molecule has 1 aromatic carbocycles. The van der Waals surface area contributed by atoms with Crippen LogP contribution in [0.4, 0.5) is 11.5 Å². The van der Waals surface area contributed by atoms with Gasteiger partial charge in [-0.3, -0.25) is 10.1 Å². The van der Waals surface area contributed by atoms with Crippen molar-refractivity contribution in [2.45, 2.75) is 0 Å². The quantitative estimate of drug-likeness (QED) is 0.685. The molecule has 0 amide bonds. The van der Waals surface area contributed by atoms with E-state index >= 15 is 0 Å². The van der Waals surface area contributed by atoms with Crippen LogP contribution in [0.3, 0.4) is 0 Å². The van der Waals surface area contributed by atoms with Crippen molar-refractivity contribution in [1.82, 2.24) is 4.98 Å². The number of hydrogen-bond donors (Lipinski definition) is 1. The predicted molar refractivity (Wildman–Crippen MR) is 72.0 cm³/mol. The summed E-state index contributed by atoms with van der Waals surface area (Å²) in [5.41, 5.74) is -0.161. The number of aromatic nitrogens is 1. The molecule has 0 unspecified atom stereocenters. The summed E-state index contributed by atoms with van der Waals surface area (Å²) < 4.78 is 5.48. The van der Waals surface area contributed by atoms with Gasteiger partial charge in [0.1, 0.15) is 16.6 Å². The number of nitrogens with one attached hydrogen (secondary N) is 1.